The molecule has 2 aromatic rings. The van der Waals surface area contributed by atoms with Gasteiger partial charge in [-0.3, -0.25) is 4.79 Å². The molecule has 0 fully saturated rings. The smallest absolute Gasteiger partial charge is 0.328 e. The molecule has 0 spiro atoms. The van der Waals surface area contributed by atoms with Gasteiger partial charge >= 0.3 is 5.97 Å². The van der Waals surface area contributed by atoms with E-state index in [0.29, 0.717) is 17.8 Å². The Morgan fingerprint density at radius 1 is 1.43 bits per heavy atom. The monoisotopic (exact) mass is 322 g/mol. The summed E-state index contributed by atoms with van der Waals surface area (Å²) in [6.45, 7) is 2.48. The normalized spacial score (nSPS) is 10.9. The standard InChI is InChI=1S/C14H14N2O3S2/c1-9-16-10(8-20-9)6-7-15-14(19)12-4-2-11(21-12)3-5-13(17)18/h2-5,8H,6-7H2,1H3,(H,15,19)(H,17,18)/b5-3+. The lowest BCUT2D eigenvalue weighted by Gasteiger charge is -2.01. The zero-order chi connectivity index (χ0) is 15.2. The first kappa shape index (κ1) is 15.4. The van der Waals surface area contributed by atoms with Crippen LogP contribution in [0.2, 0.25) is 0 Å². The molecular formula is C14H14N2O3S2. The first-order valence-corrected chi connectivity index (χ1v) is 7.94. The van der Waals surface area contributed by atoms with E-state index in [-0.39, 0.29) is 5.91 Å². The molecule has 2 heterocycles. The molecule has 0 bridgehead atoms. The van der Waals surface area contributed by atoms with E-state index in [0.717, 1.165) is 21.7 Å². The molecule has 7 heteroatoms. The highest BCUT2D eigenvalue weighted by Crippen LogP contribution is 2.17. The number of aliphatic carboxylic acids is 1. The number of aromatic nitrogens is 1. The fourth-order valence-corrected chi connectivity index (χ4v) is 3.11. The van der Waals surface area contributed by atoms with Crippen molar-refractivity contribution in [3.8, 4) is 0 Å². The van der Waals surface area contributed by atoms with Crippen LogP contribution in [0.5, 0.6) is 0 Å². The number of nitrogens with one attached hydrogen (secondary N) is 1. The van der Waals surface area contributed by atoms with Crippen molar-refractivity contribution in [1.82, 2.24) is 10.3 Å². The van der Waals surface area contributed by atoms with Crippen LogP contribution < -0.4 is 5.32 Å². The van der Waals surface area contributed by atoms with Crippen LogP contribution in [0.4, 0.5) is 0 Å². The lowest BCUT2D eigenvalue weighted by atomic mass is 10.3. The Kier molecular flexibility index (Phi) is 5.24. The zero-order valence-corrected chi connectivity index (χ0v) is 13.0. The minimum absolute atomic E-state index is 0.151. The van der Waals surface area contributed by atoms with Crippen molar-refractivity contribution in [1.29, 1.82) is 0 Å². The van der Waals surface area contributed by atoms with Crippen LogP contribution in [-0.2, 0) is 11.2 Å². The highest BCUT2D eigenvalue weighted by Gasteiger charge is 2.08. The van der Waals surface area contributed by atoms with E-state index in [1.54, 1.807) is 23.5 Å². The van der Waals surface area contributed by atoms with Gasteiger partial charge in [-0.1, -0.05) is 0 Å². The summed E-state index contributed by atoms with van der Waals surface area (Å²) in [5, 5.41) is 14.4. The summed E-state index contributed by atoms with van der Waals surface area (Å²) in [4.78, 5) is 28.0. The van der Waals surface area contributed by atoms with Gasteiger partial charge < -0.3 is 10.4 Å². The Bertz CT molecular complexity index is 673. The van der Waals surface area contributed by atoms with Crippen LogP contribution in [0, 0.1) is 6.92 Å². The van der Waals surface area contributed by atoms with E-state index < -0.39 is 5.97 Å². The minimum Gasteiger partial charge on any atom is -0.478 e. The summed E-state index contributed by atoms with van der Waals surface area (Å²) < 4.78 is 0. The molecule has 5 nitrogen and oxygen atoms in total. The number of carbonyl (C=O) groups excluding carboxylic acids is 1. The summed E-state index contributed by atoms with van der Waals surface area (Å²) in [5.74, 6) is -1.16. The number of carbonyl (C=O) groups is 2. The van der Waals surface area contributed by atoms with Crippen molar-refractivity contribution >= 4 is 40.6 Å². The van der Waals surface area contributed by atoms with Crippen LogP contribution in [0.3, 0.4) is 0 Å². The number of carboxylic acids is 1. The number of nitrogens with zero attached hydrogens (tertiary/aromatic N) is 1. The van der Waals surface area contributed by atoms with E-state index >= 15 is 0 Å². The highest BCUT2D eigenvalue weighted by atomic mass is 32.1. The molecule has 0 aliphatic rings. The van der Waals surface area contributed by atoms with Gasteiger partial charge in [0.1, 0.15) is 0 Å². The van der Waals surface area contributed by atoms with Gasteiger partial charge in [0.25, 0.3) is 5.91 Å². The van der Waals surface area contributed by atoms with Gasteiger partial charge in [-0.05, 0) is 25.1 Å². The Balaban J connectivity index is 1.84. The third-order valence-electron chi connectivity index (χ3n) is 2.57. The van der Waals surface area contributed by atoms with Crippen molar-refractivity contribution in [2.24, 2.45) is 0 Å². The number of thiazole rings is 1. The lowest BCUT2D eigenvalue weighted by Crippen LogP contribution is -2.24. The van der Waals surface area contributed by atoms with E-state index in [9.17, 15) is 9.59 Å². The fourth-order valence-electron chi connectivity index (χ4n) is 1.63. The number of thiophene rings is 1. The maximum atomic E-state index is 11.9. The second-order valence-electron chi connectivity index (χ2n) is 4.24. The van der Waals surface area contributed by atoms with Gasteiger partial charge in [-0.25, -0.2) is 9.78 Å². The van der Waals surface area contributed by atoms with Gasteiger partial charge in [0.2, 0.25) is 0 Å². The largest absolute Gasteiger partial charge is 0.478 e. The third kappa shape index (κ3) is 4.80. The number of hydrogen-bond acceptors (Lipinski definition) is 5. The maximum Gasteiger partial charge on any atom is 0.328 e. The van der Waals surface area contributed by atoms with E-state index in [2.05, 4.69) is 10.3 Å². The van der Waals surface area contributed by atoms with Gasteiger partial charge in [0.05, 0.1) is 15.6 Å². The van der Waals surface area contributed by atoms with Crippen molar-refractivity contribution in [3.05, 3.63) is 44.0 Å². The molecule has 0 saturated carbocycles. The molecule has 0 aliphatic heterocycles. The molecule has 0 aliphatic carbocycles. The van der Waals surface area contributed by atoms with Crippen LogP contribution in [-0.4, -0.2) is 28.5 Å². The first-order chi connectivity index (χ1) is 10.0. The quantitative estimate of drug-likeness (QED) is 0.801. The van der Waals surface area contributed by atoms with Gasteiger partial charge in [0, 0.05) is 29.3 Å². The molecule has 2 aromatic heterocycles. The number of rotatable bonds is 6. The molecule has 0 aromatic carbocycles. The molecule has 2 rings (SSSR count). The predicted molar refractivity (Wildman–Crippen MR) is 83.9 cm³/mol. The molecule has 1 amide bonds. The minimum atomic E-state index is -1.01. The molecule has 2 N–H and O–H groups in total. The molecule has 110 valence electrons. The Hall–Kier alpha value is -1.99. The van der Waals surface area contributed by atoms with Crippen molar-refractivity contribution in [2.45, 2.75) is 13.3 Å². The molecular weight excluding hydrogens is 308 g/mol. The average molecular weight is 322 g/mol. The average Bonchev–Trinajstić information content (AvgIpc) is 3.05. The van der Waals surface area contributed by atoms with Crippen LogP contribution >= 0.6 is 22.7 Å². The van der Waals surface area contributed by atoms with Gasteiger partial charge in [0.15, 0.2) is 0 Å². The fraction of sp³-hybridized carbons (Fsp3) is 0.214. The van der Waals surface area contributed by atoms with Crippen molar-refractivity contribution in [2.75, 3.05) is 6.54 Å². The van der Waals surface area contributed by atoms with Gasteiger partial charge in [-0.15, -0.1) is 22.7 Å². The summed E-state index contributed by atoms with van der Waals surface area (Å²) in [6.07, 6.45) is 3.23. The highest BCUT2D eigenvalue weighted by molar-refractivity contribution is 7.14. The third-order valence-corrected chi connectivity index (χ3v) is 4.45. The SMILES string of the molecule is Cc1nc(CCNC(=O)c2ccc(/C=C/C(=O)O)s2)cs1. The molecule has 0 radical (unpaired) electrons. The van der Waals surface area contributed by atoms with E-state index in [1.807, 2.05) is 12.3 Å². The second-order valence-corrected chi connectivity index (χ2v) is 6.41. The molecule has 21 heavy (non-hydrogen) atoms. The van der Waals surface area contributed by atoms with Crippen molar-refractivity contribution in [3.63, 3.8) is 0 Å². The van der Waals surface area contributed by atoms with Crippen LogP contribution in [0.15, 0.2) is 23.6 Å². The van der Waals surface area contributed by atoms with Gasteiger partial charge in [-0.2, -0.15) is 0 Å². The number of carboxylic acid groups (broad SMARTS) is 1. The molecule has 0 unspecified atom stereocenters. The first-order valence-electron chi connectivity index (χ1n) is 6.24. The van der Waals surface area contributed by atoms with Crippen LogP contribution in [0.25, 0.3) is 6.08 Å². The Labute approximate surface area is 130 Å². The Morgan fingerprint density at radius 3 is 2.90 bits per heavy atom. The number of hydrogen-bond donors (Lipinski definition) is 2. The second kappa shape index (κ2) is 7.14. The molecule has 0 saturated heterocycles. The van der Waals surface area contributed by atoms with E-state index in [4.69, 9.17) is 5.11 Å². The Morgan fingerprint density at radius 2 is 2.24 bits per heavy atom. The number of aryl methyl sites for hydroxylation is 1. The topological polar surface area (TPSA) is 79.3 Å². The summed E-state index contributed by atoms with van der Waals surface area (Å²) in [5.41, 5.74) is 0.981. The zero-order valence-electron chi connectivity index (χ0n) is 11.3. The summed E-state index contributed by atoms with van der Waals surface area (Å²) in [6, 6.07) is 3.41. The maximum absolute atomic E-state index is 11.9. The van der Waals surface area contributed by atoms with Crippen LogP contribution in [0.1, 0.15) is 25.3 Å². The lowest BCUT2D eigenvalue weighted by molar-refractivity contribution is -0.131. The van der Waals surface area contributed by atoms with E-state index in [1.165, 1.54) is 17.4 Å². The summed E-state index contributed by atoms with van der Waals surface area (Å²) >= 11 is 2.85. The van der Waals surface area contributed by atoms with Crippen molar-refractivity contribution < 1.29 is 14.7 Å². The summed E-state index contributed by atoms with van der Waals surface area (Å²) in [7, 11) is 0. The molecule has 0 atom stereocenters. The predicted octanol–water partition coefficient (Wildman–Crippen LogP) is 2.58. The number of amides is 1.